The van der Waals surface area contributed by atoms with Crippen molar-refractivity contribution in [3.05, 3.63) is 70.3 Å². The van der Waals surface area contributed by atoms with E-state index in [0.29, 0.717) is 17.6 Å². The number of rotatable bonds is 2. The van der Waals surface area contributed by atoms with Crippen LogP contribution in [0.1, 0.15) is 5.69 Å². The van der Waals surface area contributed by atoms with E-state index in [9.17, 15) is 9.18 Å². The van der Waals surface area contributed by atoms with E-state index in [1.165, 1.54) is 18.2 Å². The smallest absolute Gasteiger partial charge is 0.189 e. The molecule has 0 unspecified atom stereocenters. The maximum atomic E-state index is 12.9. The molecule has 1 aromatic heterocycles. The second kappa shape index (κ2) is 4.90. The lowest BCUT2D eigenvalue weighted by atomic mass is 10.0. The van der Waals surface area contributed by atoms with E-state index in [1.54, 1.807) is 12.1 Å². The van der Waals surface area contributed by atoms with E-state index in [-0.39, 0.29) is 11.2 Å². The van der Waals surface area contributed by atoms with Gasteiger partial charge in [0.15, 0.2) is 5.43 Å². The summed E-state index contributed by atoms with van der Waals surface area (Å²) in [6.07, 6.45) is 0. The van der Waals surface area contributed by atoms with Crippen molar-refractivity contribution in [3.8, 4) is 11.1 Å². The number of benzene rings is 2. The fourth-order valence-corrected chi connectivity index (χ4v) is 2.23. The van der Waals surface area contributed by atoms with Crippen LogP contribution < -0.4 is 11.2 Å². The fourth-order valence-electron chi connectivity index (χ4n) is 2.23. The SMILES string of the molecule is NCc1cc(=O)c2cc(-c3ccc(F)cc3)ccc2[nH]1. The Bertz CT molecular complexity index is 822. The minimum absolute atomic E-state index is 0.0665. The summed E-state index contributed by atoms with van der Waals surface area (Å²) in [7, 11) is 0. The van der Waals surface area contributed by atoms with Crippen molar-refractivity contribution < 1.29 is 4.39 Å². The summed E-state index contributed by atoms with van der Waals surface area (Å²) in [6, 6.07) is 13.2. The first-order valence-electron chi connectivity index (χ1n) is 6.29. The lowest BCUT2D eigenvalue weighted by Gasteiger charge is -2.05. The van der Waals surface area contributed by atoms with Gasteiger partial charge in [-0.1, -0.05) is 18.2 Å². The zero-order valence-corrected chi connectivity index (χ0v) is 10.7. The molecule has 0 spiro atoms. The Labute approximate surface area is 114 Å². The standard InChI is InChI=1S/C16H13FN2O/c17-12-4-1-10(2-5-12)11-3-6-15-14(7-11)16(20)8-13(9-18)19-15/h1-8H,9,18H2,(H,19,20). The zero-order chi connectivity index (χ0) is 14.1. The number of nitrogens with two attached hydrogens (primary N) is 1. The van der Waals surface area contributed by atoms with Crippen molar-refractivity contribution >= 4 is 10.9 Å². The molecule has 3 nitrogen and oxygen atoms in total. The van der Waals surface area contributed by atoms with Crippen molar-refractivity contribution in [2.45, 2.75) is 6.54 Å². The third-order valence-corrected chi connectivity index (χ3v) is 3.28. The van der Waals surface area contributed by atoms with Gasteiger partial charge in [-0.15, -0.1) is 0 Å². The third kappa shape index (κ3) is 2.21. The van der Waals surface area contributed by atoms with Crippen LogP contribution in [0.15, 0.2) is 53.3 Å². The fraction of sp³-hybridized carbons (Fsp3) is 0.0625. The number of hydrogen-bond acceptors (Lipinski definition) is 2. The van der Waals surface area contributed by atoms with Crippen LogP contribution in [0.4, 0.5) is 4.39 Å². The molecule has 1 heterocycles. The van der Waals surface area contributed by atoms with E-state index in [1.807, 2.05) is 18.2 Å². The topological polar surface area (TPSA) is 58.9 Å². The van der Waals surface area contributed by atoms with Crippen LogP contribution in [-0.2, 0) is 6.54 Å². The monoisotopic (exact) mass is 268 g/mol. The Morgan fingerprint density at radius 3 is 2.40 bits per heavy atom. The molecular formula is C16H13FN2O. The van der Waals surface area contributed by atoms with Gasteiger partial charge in [-0.25, -0.2) is 4.39 Å². The lowest BCUT2D eigenvalue weighted by Crippen LogP contribution is -2.08. The number of hydrogen-bond donors (Lipinski definition) is 2. The molecule has 0 saturated heterocycles. The van der Waals surface area contributed by atoms with E-state index in [0.717, 1.165) is 16.6 Å². The van der Waals surface area contributed by atoms with E-state index < -0.39 is 0 Å². The number of aromatic nitrogens is 1. The molecule has 0 atom stereocenters. The van der Waals surface area contributed by atoms with Gasteiger partial charge in [0.2, 0.25) is 0 Å². The van der Waals surface area contributed by atoms with E-state index >= 15 is 0 Å². The molecule has 3 aromatic rings. The van der Waals surface area contributed by atoms with Gasteiger partial charge in [-0.2, -0.15) is 0 Å². The first-order valence-corrected chi connectivity index (χ1v) is 6.29. The van der Waals surface area contributed by atoms with Crippen LogP contribution in [0.25, 0.3) is 22.0 Å². The maximum absolute atomic E-state index is 12.9. The Kier molecular flexibility index (Phi) is 3.08. The highest BCUT2D eigenvalue weighted by Crippen LogP contribution is 2.22. The average Bonchev–Trinajstić information content (AvgIpc) is 2.47. The molecule has 0 aliphatic carbocycles. The van der Waals surface area contributed by atoms with Crippen molar-refractivity contribution in [1.82, 2.24) is 4.98 Å². The average molecular weight is 268 g/mol. The van der Waals surface area contributed by atoms with Crippen LogP contribution in [0, 0.1) is 5.82 Å². The highest BCUT2D eigenvalue weighted by atomic mass is 19.1. The Hall–Kier alpha value is -2.46. The zero-order valence-electron chi connectivity index (χ0n) is 10.7. The number of aromatic amines is 1. The second-order valence-corrected chi connectivity index (χ2v) is 4.63. The van der Waals surface area contributed by atoms with Gasteiger partial charge in [0.05, 0.1) is 0 Å². The highest BCUT2D eigenvalue weighted by Gasteiger charge is 2.04. The summed E-state index contributed by atoms with van der Waals surface area (Å²) in [6.45, 7) is 0.297. The Morgan fingerprint density at radius 2 is 1.70 bits per heavy atom. The van der Waals surface area contributed by atoms with Crippen LogP contribution in [-0.4, -0.2) is 4.98 Å². The summed E-state index contributed by atoms with van der Waals surface area (Å²) >= 11 is 0. The van der Waals surface area contributed by atoms with Crippen molar-refractivity contribution in [2.75, 3.05) is 0 Å². The highest BCUT2D eigenvalue weighted by molar-refractivity contribution is 5.84. The Morgan fingerprint density at radius 1 is 1.00 bits per heavy atom. The molecule has 3 rings (SSSR count). The first kappa shape index (κ1) is 12.6. The largest absolute Gasteiger partial charge is 0.357 e. The van der Waals surface area contributed by atoms with Gasteiger partial charge in [0, 0.05) is 29.2 Å². The van der Waals surface area contributed by atoms with Crippen molar-refractivity contribution in [3.63, 3.8) is 0 Å². The normalized spacial score (nSPS) is 10.9. The molecule has 0 aliphatic rings. The summed E-state index contributed by atoms with van der Waals surface area (Å²) in [5.41, 5.74) is 8.68. The molecule has 0 aliphatic heterocycles. The molecule has 0 bridgehead atoms. The number of fused-ring (bicyclic) bond motifs is 1. The van der Waals surface area contributed by atoms with Gasteiger partial charge in [-0.3, -0.25) is 4.79 Å². The van der Waals surface area contributed by atoms with Crippen molar-refractivity contribution in [2.24, 2.45) is 5.73 Å². The first-order chi connectivity index (χ1) is 9.67. The summed E-state index contributed by atoms with van der Waals surface area (Å²) < 4.78 is 12.9. The molecule has 4 heteroatoms. The molecule has 0 amide bonds. The molecule has 3 N–H and O–H groups in total. The lowest BCUT2D eigenvalue weighted by molar-refractivity contribution is 0.628. The molecule has 20 heavy (non-hydrogen) atoms. The Balaban J connectivity index is 2.18. The van der Waals surface area contributed by atoms with Gasteiger partial charge < -0.3 is 10.7 Å². The molecule has 100 valence electrons. The van der Waals surface area contributed by atoms with Crippen LogP contribution in [0.3, 0.4) is 0 Å². The van der Waals surface area contributed by atoms with E-state index in [2.05, 4.69) is 4.98 Å². The van der Waals surface area contributed by atoms with Crippen LogP contribution >= 0.6 is 0 Å². The summed E-state index contributed by atoms with van der Waals surface area (Å²) in [5, 5.41) is 0.601. The number of halogens is 1. The van der Waals surface area contributed by atoms with Gasteiger partial charge in [0.1, 0.15) is 5.82 Å². The predicted octanol–water partition coefficient (Wildman–Crippen LogP) is 2.79. The van der Waals surface area contributed by atoms with Crippen LogP contribution in [0.2, 0.25) is 0 Å². The number of nitrogens with one attached hydrogen (secondary N) is 1. The predicted molar refractivity (Wildman–Crippen MR) is 77.9 cm³/mol. The third-order valence-electron chi connectivity index (χ3n) is 3.28. The van der Waals surface area contributed by atoms with Gasteiger partial charge in [-0.05, 0) is 35.4 Å². The molecule has 0 radical (unpaired) electrons. The van der Waals surface area contributed by atoms with Gasteiger partial charge in [0.25, 0.3) is 0 Å². The van der Waals surface area contributed by atoms with Crippen molar-refractivity contribution in [1.29, 1.82) is 0 Å². The van der Waals surface area contributed by atoms with E-state index in [4.69, 9.17) is 5.73 Å². The molecule has 0 fully saturated rings. The second-order valence-electron chi connectivity index (χ2n) is 4.63. The maximum Gasteiger partial charge on any atom is 0.189 e. The molecular weight excluding hydrogens is 255 g/mol. The summed E-state index contributed by atoms with van der Waals surface area (Å²) in [4.78, 5) is 15.2. The minimum atomic E-state index is -0.278. The number of H-pyrrole nitrogens is 1. The summed E-state index contributed by atoms with van der Waals surface area (Å²) in [5.74, 6) is -0.278. The number of pyridine rings is 1. The quantitative estimate of drug-likeness (QED) is 0.750. The van der Waals surface area contributed by atoms with Gasteiger partial charge >= 0.3 is 0 Å². The molecule has 2 aromatic carbocycles. The minimum Gasteiger partial charge on any atom is -0.357 e. The molecule has 0 saturated carbocycles. The van der Waals surface area contributed by atoms with Crippen LogP contribution in [0.5, 0.6) is 0 Å².